The molecule has 0 saturated heterocycles. The Morgan fingerprint density at radius 3 is 2.20 bits per heavy atom. The Balaban J connectivity index is 3.33. The quantitative estimate of drug-likeness (QED) is 0.466. The van der Waals surface area contributed by atoms with Crippen LogP contribution in [0.2, 0.25) is 0 Å². The molecule has 0 radical (unpaired) electrons. The zero-order chi connectivity index (χ0) is 11.3. The van der Waals surface area contributed by atoms with Crippen molar-refractivity contribution in [3.63, 3.8) is 0 Å². The van der Waals surface area contributed by atoms with Crippen molar-refractivity contribution in [3.8, 4) is 17.2 Å². The van der Waals surface area contributed by atoms with E-state index in [-0.39, 0.29) is 0 Å². The van der Waals surface area contributed by atoms with Gasteiger partial charge in [0.2, 0.25) is 5.75 Å². The van der Waals surface area contributed by atoms with E-state index in [0.29, 0.717) is 22.8 Å². The molecule has 0 heterocycles. The van der Waals surface area contributed by atoms with E-state index in [1.807, 2.05) is 0 Å². The van der Waals surface area contributed by atoms with Crippen molar-refractivity contribution in [1.82, 2.24) is 0 Å². The molecule has 0 unspecified atom stereocenters. The number of methoxy groups -OCH3 is 3. The summed E-state index contributed by atoms with van der Waals surface area (Å²) in [5.74, 6) is 1.50. The minimum atomic E-state index is 0.467. The van der Waals surface area contributed by atoms with Crippen LogP contribution in [-0.2, 0) is 0 Å². The molecule has 15 heavy (non-hydrogen) atoms. The van der Waals surface area contributed by atoms with E-state index < -0.39 is 0 Å². The number of hydrogen-bond acceptors (Lipinski definition) is 5. The zero-order valence-corrected chi connectivity index (χ0v) is 8.85. The van der Waals surface area contributed by atoms with Crippen molar-refractivity contribution in [3.05, 3.63) is 17.7 Å². The highest BCUT2D eigenvalue weighted by molar-refractivity contribution is 5.85. The monoisotopic (exact) mass is 211 g/mol. The van der Waals surface area contributed by atoms with E-state index in [1.54, 1.807) is 12.1 Å². The van der Waals surface area contributed by atoms with E-state index >= 15 is 0 Å². The van der Waals surface area contributed by atoms with Gasteiger partial charge in [-0.05, 0) is 12.1 Å². The second kappa shape index (κ2) is 5.09. The minimum Gasteiger partial charge on any atom is -0.493 e. The molecule has 1 N–H and O–H groups in total. The third-order valence-electron chi connectivity index (χ3n) is 1.93. The number of hydrogen-bond donors (Lipinski definition) is 1. The van der Waals surface area contributed by atoms with Gasteiger partial charge >= 0.3 is 0 Å². The van der Waals surface area contributed by atoms with Crippen LogP contribution in [0.4, 0.5) is 0 Å². The first kappa shape index (κ1) is 11.2. The van der Waals surface area contributed by atoms with Gasteiger partial charge in [0, 0.05) is 5.56 Å². The summed E-state index contributed by atoms with van der Waals surface area (Å²) in [6.07, 6.45) is 1.26. The van der Waals surface area contributed by atoms with Crippen LogP contribution in [0.25, 0.3) is 0 Å². The first-order valence-corrected chi connectivity index (χ1v) is 4.24. The number of nitrogens with zero attached hydrogens (tertiary/aromatic N) is 1. The summed E-state index contributed by atoms with van der Waals surface area (Å²) in [5.41, 5.74) is 0.609. The maximum atomic E-state index is 8.47. The molecular formula is C10H13NO4. The minimum absolute atomic E-state index is 0.467. The molecule has 82 valence electrons. The lowest BCUT2D eigenvalue weighted by atomic mass is 10.2. The van der Waals surface area contributed by atoms with Gasteiger partial charge in [-0.25, -0.2) is 0 Å². The van der Waals surface area contributed by atoms with Crippen molar-refractivity contribution < 1.29 is 19.4 Å². The lowest BCUT2D eigenvalue weighted by Gasteiger charge is -2.13. The van der Waals surface area contributed by atoms with Gasteiger partial charge in [0.15, 0.2) is 11.5 Å². The molecule has 0 atom stereocenters. The summed E-state index contributed by atoms with van der Waals surface area (Å²) < 4.78 is 15.4. The van der Waals surface area contributed by atoms with E-state index in [2.05, 4.69) is 5.16 Å². The topological polar surface area (TPSA) is 60.3 Å². The van der Waals surface area contributed by atoms with Crippen LogP contribution in [0.5, 0.6) is 17.2 Å². The highest BCUT2D eigenvalue weighted by Crippen LogP contribution is 2.38. The van der Waals surface area contributed by atoms with Crippen LogP contribution in [0.3, 0.4) is 0 Å². The summed E-state index contributed by atoms with van der Waals surface area (Å²) in [7, 11) is 4.56. The fourth-order valence-electron chi connectivity index (χ4n) is 1.29. The van der Waals surface area contributed by atoms with E-state index in [1.165, 1.54) is 27.5 Å². The molecule has 0 amide bonds. The highest BCUT2D eigenvalue weighted by Gasteiger charge is 2.14. The Kier molecular flexibility index (Phi) is 3.79. The van der Waals surface area contributed by atoms with E-state index in [0.717, 1.165) is 0 Å². The van der Waals surface area contributed by atoms with Crippen molar-refractivity contribution in [2.24, 2.45) is 5.16 Å². The maximum absolute atomic E-state index is 8.47. The van der Waals surface area contributed by atoms with E-state index in [4.69, 9.17) is 19.4 Å². The fraction of sp³-hybridized carbons (Fsp3) is 0.300. The summed E-state index contributed by atoms with van der Waals surface area (Å²) in [6.45, 7) is 0. The molecule has 1 aromatic rings. The summed E-state index contributed by atoms with van der Waals surface area (Å²) in [6, 6.07) is 3.41. The highest BCUT2D eigenvalue weighted by atomic mass is 16.5. The molecule has 0 aliphatic heterocycles. The van der Waals surface area contributed by atoms with Crippen LogP contribution in [-0.4, -0.2) is 32.8 Å². The Morgan fingerprint density at radius 1 is 1.07 bits per heavy atom. The lowest BCUT2D eigenvalue weighted by Crippen LogP contribution is -1.98. The fourth-order valence-corrected chi connectivity index (χ4v) is 1.29. The molecule has 5 nitrogen and oxygen atoms in total. The van der Waals surface area contributed by atoms with Gasteiger partial charge < -0.3 is 19.4 Å². The number of rotatable bonds is 4. The Hall–Kier alpha value is -1.91. The van der Waals surface area contributed by atoms with Crippen LogP contribution in [0.1, 0.15) is 5.56 Å². The van der Waals surface area contributed by atoms with Gasteiger partial charge in [-0.3, -0.25) is 0 Å². The Morgan fingerprint density at radius 2 is 1.73 bits per heavy atom. The molecule has 0 fully saturated rings. The lowest BCUT2D eigenvalue weighted by molar-refractivity contribution is 0.318. The molecular weight excluding hydrogens is 198 g/mol. The third kappa shape index (κ3) is 2.12. The molecule has 0 aliphatic carbocycles. The maximum Gasteiger partial charge on any atom is 0.203 e. The van der Waals surface area contributed by atoms with Gasteiger partial charge in [-0.2, -0.15) is 0 Å². The predicted molar refractivity (Wildman–Crippen MR) is 55.5 cm³/mol. The summed E-state index contributed by atoms with van der Waals surface area (Å²) in [5, 5.41) is 11.4. The second-order valence-corrected chi connectivity index (χ2v) is 2.67. The van der Waals surface area contributed by atoms with E-state index in [9.17, 15) is 0 Å². The Bertz CT molecular complexity index is 363. The molecule has 0 saturated carbocycles. The smallest absolute Gasteiger partial charge is 0.203 e. The number of ether oxygens (including phenoxy) is 3. The van der Waals surface area contributed by atoms with Gasteiger partial charge in [0.1, 0.15) is 0 Å². The van der Waals surface area contributed by atoms with Crippen LogP contribution < -0.4 is 14.2 Å². The normalized spacial score (nSPS) is 10.3. The first-order valence-electron chi connectivity index (χ1n) is 4.24. The van der Waals surface area contributed by atoms with Crippen LogP contribution in [0, 0.1) is 0 Å². The summed E-state index contributed by atoms with van der Waals surface area (Å²) >= 11 is 0. The first-order chi connectivity index (χ1) is 7.28. The van der Waals surface area contributed by atoms with Gasteiger partial charge in [0.25, 0.3) is 0 Å². The van der Waals surface area contributed by atoms with Gasteiger partial charge in [-0.1, -0.05) is 5.16 Å². The SMILES string of the molecule is COc1ccc(C=NO)c(OC)c1OC. The molecule has 1 rings (SSSR count). The van der Waals surface area contributed by atoms with Crippen LogP contribution >= 0.6 is 0 Å². The zero-order valence-electron chi connectivity index (χ0n) is 8.85. The molecule has 1 aromatic carbocycles. The number of benzene rings is 1. The van der Waals surface area contributed by atoms with Crippen molar-refractivity contribution >= 4 is 6.21 Å². The van der Waals surface area contributed by atoms with Gasteiger partial charge in [0.05, 0.1) is 27.5 Å². The average Bonchev–Trinajstić information content (AvgIpc) is 2.28. The standard InChI is InChI=1S/C10H13NO4/c1-13-8-5-4-7(6-11-12)9(14-2)10(8)15-3/h4-6,12H,1-3H3. The van der Waals surface area contributed by atoms with Crippen molar-refractivity contribution in [1.29, 1.82) is 0 Å². The molecule has 0 bridgehead atoms. The number of oxime groups is 1. The van der Waals surface area contributed by atoms with Crippen molar-refractivity contribution in [2.45, 2.75) is 0 Å². The second-order valence-electron chi connectivity index (χ2n) is 2.67. The predicted octanol–water partition coefficient (Wildman–Crippen LogP) is 1.52. The molecule has 5 heteroatoms. The Labute approximate surface area is 87.9 Å². The van der Waals surface area contributed by atoms with Crippen molar-refractivity contribution in [2.75, 3.05) is 21.3 Å². The summed E-state index contributed by atoms with van der Waals surface area (Å²) in [4.78, 5) is 0. The molecule has 0 spiro atoms. The molecule has 0 aliphatic rings. The van der Waals surface area contributed by atoms with Crippen LogP contribution in [0.15, 0.2) is 17.3 Å². The largest absolute Gasteiger partial charge is 0.493 e. The van der Waals surface area contributed by atoms with Gasteiger partial charge in [-0.15, -0.1) is 0 Å². The molecule has 0 aromatic heterocycles. The average molecular weight is 211 g/mol. The third-order valence-corrected chi connectivity index (χ3v) is 1.93.